The van der Waals surface area contributed by atoms with Crippen LogP contribution in [0.2, 0.25) is 0 Å². The molecule has 0 N–H and O–H groups in total. The van der Waals surface area contributed by atoms with Crippen LogP contribution in [0.25, 0.3) is 0 Å². The minimum Gasteiger partial charge on any atom is -0.427 e. The summed E-state index contributed by atoms with van der Waals surface area (Å²) < 4.78 is 21.8. The molecule has 114 valence electrons. The molecule has 2 aliphatic rings. The molecule has 2 aliphatic heterocycles. The topological polar surface area (TPSA) is 54.0 Å². The summed E-state index contributed by atoms with van der Waals surface area (Å²) in [5.41, 5.74) is 0.0717. The molecule has 2 heterocycles. The van der Waals surface area contributed by atoms with E-state index in [2.05, 4.69) is 20.4 Å². The van der Waals surface area contributed by atoms with Crippen molar-refractivity contribution in [2.75, 3.05) is 13.2 Å². The number of hydrogen-bond donors (Lipinski definition) is 0. The van der Waals surface area contributed by atoms with Crippen LogP contribution < -0.4 is 0 Å². The fraction of sp³-hybridized carbons (Fsp3) is 0.800. The van der Waals surface area contributed by atoms with Gasteiger partial charge in [-0.25, -0.2) is 4.79 Å². The third-order valence-corrected chi connectivity index (χ3v) is 3.73. The molecule has 2 fully saturated rings. The Labute approximate surface area is 120 Å². The van der Waals surface area contributed by atoms with Gasteiger partial charge in [-0.3, -0.25) is 0 Å². The van der Waals surface area contributed by atoms with Gasteiger partial charge in [0.05, 0.1) is 13.2 Å². The molecule has 2 atom stereocenters. The predicted octanol–water partition coefficient (Wildman–Crippen LogP) is 3.04. The highest BCUT2D eigenvalue weighted by Gasteiger charge is 2.38. The number of cyclic esters (lactones) is 2. The maximum atomic E-state index is 11.1. The first-order valence-electron chi connectivity index (χ1n) is 7.11. The fourth-order valence-corrected chi connectivity index (χ4v) is 2.38. The third kappa shape index (κ3) is 3.73. The normalized spacial score (nSPS) is 31.4. The summed E-state index contributed by atoms with van der Waals surface area (Å²) in [6, 6.07) is 0. The summed E-state index contributed by atoms with van der Waals surface area (Å²) in [6.45, 7) is 11.2. The predicted molar refractivity (Wildman–Crippen MR) is 73.3 cm³/mol. The van der Waals surface area contributed by atoms with E-state index < -0.39 is 11.9 Å². The van der Waals surface area contributed by atoms with E-state index in [1.54, 1.807) is 6.08 Å². The number of hydrogen-bond acceptors (Lipinski definition) is 5. The average molecular weight is 284 g/mol. The van der Waals surface area contributed by atoms with Crippen molar-refractivity contribution in [3.63, 3.8) is 0 Å². The van der Waals surface area contributed by atoms with Crippen LogP contribution in [-0.2, 0) is 18.9 Å². The summed E-state index contributed by atoms with van der Waals surface area (Å²) >= 11 is 0. The Kier molecular flexibility index (Phi) is 4.39. The number of rotatable bonds is 5. The fourth-order valence-electron chi connectivity index (χ4n) is 2.38. The quantitative estimate of drug-likeness (QED) is 0.573. The van der Waals surface area contributed by atoms with Crippen molar-refractivity contribution in [1.29, 1.82) is 0 Å². The highest BCUT2D eigenvalue weighted by atomic mass is 16.8. The molecule has 0 aromatic heterocycles. The third-order valence-electron chi connectivity index (χ3n) is 3.73. The Morgan fingerprint density at radius 3 is 2.50 bits per heavy atom. The molecule has 20 heavy (non-hydrogen) atoms. The van der Waals surface area contributed by atoms with Crippen LogP contribution in [0, 0.1) is 5.41 Å². The van der Waals surface area contributed by atoms with E-state index in [1.807, 2.05) is 6.92 Å². The van der Waals surface area contributed by atoms with E-state index in [-0.39, 0.29) is 17.6 Å². The Balaban J connectivity index is 1.76. The van der Waals surface area contributed by atoms with Crippen LogP contribution in [-0.4, -0.2) is 37.4 Å². The monoisotopic (exact) mass is 284 g/mol. The molecule has 2 saturated heterocycles. The first-order chi connectivity index (χ1) is 9.34. The van der Waals surface area contributed by atoms with Crippen LogP contribution in [0.5, 0.6) is 0 Å². The lowest BCUT2D eigenvalue weighted by atomic mass is 9.94. The SMILES string of the molecule is C=C[C@H]1OC(=O)O[C@@H]1CCCC1(C)OCC(C)(C)CO1. The second kappa shape index (κ2) is 5.74. The molecule has 0 unspecified atom stereocenters. The second-order valence-electron chi connectivity index (χ2n) is 6.49. The minimum absolute atomic E-state index is 0.0717. The molecule has 0 aromatic carbocycles. The zero-order valence-corrected chi connectivity index (χ0v) is 12.5. The summed E-state index contributed by atoms with van der Waals surface area (Å²) in [5.74, 6) is -0.539. The Hall–Kier alpha value is -1.07. The van der Waals surface area contributed by atoms with E-state index in [4.69, 9.17) is 18.9 Å². The molecule has 5 nitrogen and oxygen atoms in total. The largest absolute Gasteiger partial charge is 0.509 e. The lowest BCUT2D eigenvalue weighted by Crippen LogP contribution is -2.45. The van der Waals surface area contributed by atoms with Gasteiger partial charge in [0.15, 0.2) is 11.9 Å². The molecule has 0 aromatic rings. The van der Waals surface area contributed by atoms with E-state index in [0.29, 0.717) is 19.6 Å². The lowest BCUT2D eigenvalue weighted by Gasteiger charge is -2.41. The van der Waals surface area contributed by atoms with Crippen molar-refractivity contribution in [3.05, 3.63) is 12.7 Å². The standard InChI is InChI=1S/C15H24O5/c1-5-11-12(20-13(16)19-11)7-6-8-15(4)17-9-14(2,3)10-18-15/h5,11-12H,1,6-10H2,2-4H3/t11-,12-/m1/s1. The van der Waals surface area contributed by atoms with Crippen LogP contribution in [0.4, 0.5) is 4.79 Å². The van der Waals surface area contributed by atoms with Crippen LogP contribution in [0.3, 0.4) is 0 Å². The zero-order valence-electron chi connectivity index (χ0n) is 12.5. The molecule has 2 rings (SSSR count). The maximum absolute atomic E-state index is 11.1. The van der Waals surface area contributed by atoms with Crippen LogP contribution in [0.15, 0.2) is 12.7 Å². The average Bonchev–Trinajstić information content (AvgIpc) is 2.74. The van der Waals surface area contributed by atoms with Gasteiger partial charge in [0, 0.05) is 11.8 Å². The van der Waals surface area contributed by atoms with Crippen LogP contribution in [0.1, 0.15) is 40.0 Å². The van der Waals surface area contributed by atoms with Crippen molar-refractivity contribution in [2.45, 2.75) is 58.0 Å². The van der Waals surface area contributed by atoms with Gasteiger partial charge in [0.25, 0.3) is 0 Å². The Bertz CT molecular complexity index is 366. The van der Waals surface area contributed by atoms with E-state index >= 15 is 0 Å². The number of carbonyl (C=O) groups is 1. The van der Waals surface area contributed by atoms with Crippen LogP contribution >= 0.6 is 0 Å². The molecular weight excluding hydrogens is 260 g/mol. The molecule has 0 bridgehead atoms. The molecule has 0 saturated carbocycles. The van der Waals surface area contributed by atoms with Gasteiger partial charge in [-0.2, -0.15) is 0 Å². The van der Waals surface area contributed by atoms with Crippen molar-refractivity contribution >= 4 is 6.16 Å². The summed E-state index contributed by atoms with van der Waals surface area (Å²) in [4.78, 5) is 11.1. The van der Waals surface area contributed by atoms with E-state index in [9.17, 15) is 4.79 Å². The van der Waals surface area contributed by atoms with Gasteiger partial charge in [0.1, 0.15) is 6.10 Å². The lowest BCUT2D eigenvalue weighted by molar-refractivity contribution is -0.292. The maximum Gasteiger partial charge on any atom is 0.509 e. The second-order valence-corrected chi connectivity index (χ2v) is 6.49. The van der Waals surface area contributed by atoms with Crippen molar-refractivity contribution in [1.82, 2.24) is 0 Å². The Morgan fingerprint density at radius 2 is 1.90 bits per heavy atom. The molecule has 0 spiro atoms. The van der Waals surface area contributed by atoms with Crippen molar-refractivity contribution in [2.24, 2.45) is 5.41 Å². The summed E-state index contributed by atoms with van der Waals surface area (Å²) in [6.07, 6.45) is 2.72. The first-order valence-corrected chi connectivity index (χ1v) is 7.11. The summed E-state index contributed by atoms with van der Waals surface area (Å²) in [5, 5.41) is 0. The molecule has 0 radical (unpaired) electrons. The number of carbonyl (C=O) groups excluding carboxylic acids is 1. The molecule has 0 aliphatic carbocycles. The highest BCUT2D eigenvalue weighted by molar-refractivity contribution is 5.62. The molecule has 0 amide bonds. The molecular formula is C15H24O5. The minimum atomic E-state index is -0.613. The smallest absolute Gasteiger partial charge is 0.427 e. The van der Waals surface area contributed by atoms with Crippen molar-refractivity contribution < 1.29 is 23.7 Å². The van der Waals surface area contributed by atoms with Crippen molar-refractivity contribution in [3.8, 4) is 0 Å². The van der Waals surface area contributed by atoms with Gasteiger partial charge >= 0.3 is 6.16 Å². The van der Waals surface area contributed by atoms with Gasteiger partial charge < -0.3 is 18.9 Å². The Morgan fingerprint density at radius 1 is 1.25 bits per heavy atom. The van der Waals surface area contributed by atoms with Gasteiger partial charge in [0.2, 0.25) is 0 Å². The van der Waals surface area contributed by atoms with E-state index in [0.717, 1.165) is 12.8 Å². The van der Waals surface area contributed by atoms with Gasteiger partial charge in [-0.1, -0.05) is 20.4 Å². The zero-order chi connectivity index (χ0) is 14.8. The number of ether oxygens (including phenoxy) is 4. The van der Waals surface area contributed by atoms with Gasteiger partial charge in [-0.15, -0.1) is 0 Å². The molecule has 5 heteroatoms. The highest BCUT2D eigenvalue weighted by Crippen LogP contribution is 2.33. The van der Waals surface area contributed by atoms with E-state index in [1.165, 1.54) is 0 Å². The summed E-state index contributed by atoms with van der Waals surface area (Å²) in [7, 11) is 0. The van der Waals surface area contributed by atoms with Gasteiger partial charge in [-0.05, 0) is 25.8 Å². The first kappa shape index (κ1) is 15.3.